The van der Waals surface area contributed by atoms with Crippen LogP contribution in [0.3, 0.4) is 0 Å². The molecule has 0 N–H and O–H groups in total. The van der Waals surface area contributed by atoms with Crippen molar-refractivity contribution in [1.82, 2.24) is 0 Å². The fourth-order valence-corrected chi connectivity index (χ4v) is 11.1. The third-order valence-corrected chi connectivity index (χ3v) is 14.3. The van der Waals surface area contributed by atoms with Gasteiger partial charge in [-0.3, -0.25) is 0 Å². The Hall–Kier alpha value is -2.34. The van der Waals surface area contributed by atoms with E-state index in [2.05, 4.69) is 143 Å². The van der Waals surface area contributed by atoms with E-state index in [0.29, 0.717) is 0 Å². The highest BCUT2D eigenvalue weighted by molar-refractivity contribution is 5.67. The molecule has 0 radical (unpaired) electrons. The van der Waals surface area contributed by atoms with Crippen LogP contribution in [-0.4, -0.2) is 0 Å². The maximum Gasteiger partial charge on any atom is 0.0170 e. The molecule has 0 bridgehead atoms. The average Bonchev–Trinajstić information content (AvgIpc) is 3.36. The summed E-state index contributed by atoms with van der Waals surface area (Å²) >= 11 is 0. The van der Waals surface area contributed by atoms with Crippen molar-refractivity contribution in [2.45, 2.75) is 89.0 Å². The van der Waals surface area contributed by atoms with Gasteiger partial charge >= 0.3 is 0 Å². The van der Waals surface area contributed by atoms with Crippen molar-refractivity contribution in [3.8, 4) is 0 Å². The first kappa shape index (κ1) is 25.9. The molecular formula is C38H48. The predicted molar refractivity (Wildman–Crippen MR) is 164 cm³/mol. The maximum absolute atomic E-state index is 2.69. The van der Waals surface area contributed by atoms with Crippen molar-refractivity contribution < 1.29 is 0 Å². The van der Waals surface area contributed by atoms with Gasteiger partial charge in [0.05, 0.1) is 0 Å². The topological polar surface area (TPSA) is 0 Å². The Morgan fingerprint density at radius 1 is 0.684 bits per heavy atom. The molecule has 0 nitrogen and oxygen atoms in total. The van der Waals surface area contributed by atoms with E-state index in [-0.39, 0.29) is 37.9 Å². The van der Waals surface area contributed by atoms with Crippen molar-refractivity contribution in [2.75, 3.05) is 0 Å². The zero-order chi connectivity index (χ0) is 27.7. The van der Waals surface area contributed by atoms with Crippen molar-refractivity contribution in [2.24, 2.45) is 37.9 Å². The van der Waals surface area contributed by atoms with E-state index in [4.69, 9.17) is 0 Å². The van der Waals surface area contributed by atoms with Gasteiger partial charge in [0.1, 0.15) is 0 Å². The molecule has 0 amide bonds. The Bertz CT molecular complexity index is 1440. The van der Waals surface area contributed by atoms with Crippen molar-refractivity contribution >= 4 is 0 Å². The van der Waals surface area contributed by atoms with Crippen molar-refractivity contribution in [3.63, 3.8) is 0 Å². The van der Waals surface area contributed by atoms with Gasteiger partial charge in [0.15, 0.2) is 0 Å². The molecule has 0 aliphatic heterocycles. The highest BCUT2D eigenvalue weighted by Gasteiger charge is 2.84. The minimum Gasteiger partial charge on any atom is -0.0772 e. The van der Waals surface area contributed by atoms with Crippen LogP contribution >= 0.6 is 0 Å². The Labute approximate surface area is 232 Å². The first-order valence-electron chi connectivity index (χ1n) is 14.8. The Kier molecular flexibility index (Phi) is 4.94. The van der Waals surface area contributed by atoms with Crippen LogP contribution in [0, 0.1) is 37.9 Å². The summed E-state index contributed by atoms with van der Waals surface area (Å²) in [6.07, 6.45) is 29.4. The Morgan fingerprint density at radius 3 is 1.74 bits per heavy atom. The minimum absolute atomic E-state index is 0.00911. The van der Waals surface area contributed by atoms with E-state index in [1.807, 2.05) is 0 Å². The molecule has 2 saturated carbocycles. The van der Waals surface area contributed by atoms with Gasteiger partial charge < -0.3 is 0 Å². The number of hydrogen-bond donors (Lipinski definition) is 0. The molecule has 6 aliphatic carbocycles. The van der Waals surface area contributed by atoms with Gasteiger partial charge in [0.2, 0.25) is 0 Å². The van der Waals surface area contributed by atoms with E-state index in [9.17, 15) is 0 Å². The molecule has 6 aliphatic rings. The quantitative estimate of drug-likeness (QED) is 0.333. The number of hydrogen-bond acceptors (Lipinski definition) is 0. The van der Waals surface area contributed by atoms with Crippen LogP contribution in [0.2, 0.25) is 0 Å². The van der Waals surface area contributed by atoms with E-state index >= 15 is 0 Å². The van der Waals surface area contributed by atoms with Gasteiger partial charge in [-0.1, -0.05) is 138 Å². The molecule has 0 saturated heterocycles. The smallest absolute Gasteiger partial charge is 0.0170 e. The Balaban J connectivity index is 1.75. The first-order valence-corrected chi connectivity index (χ1v) is 14.8. The molecule has 0 aromatic carbocycles. The van der Waals surface area contributed by atoms with Gasteiger partial charge in [-0.2, -0.15) is 0 Å². The zero-order valence-electron chi connectivity index (χ0n) is 25.8. The fourth-order valence-electron chi connectivity index (χ4n) is 11.1. The second kappa shape index (κ2) is 7.24. The number of allylic oxidation sites excluding steroid dienone is 18. The summed E-state index contributed by atoms with van der Waals surface area (Å²) in [4.78, 5) is 0. The zero-order valence-corrected chi connectivity index (χ0v) is 25.8. The fraction of sp³-hybridized carbons (Fsp3) is 0.526. The molecule has 0 aromatic heterocycles. The average molecular weight is 505 g/mol. The van der Waals surface area contributed by atoms with Crippen molar-refractivity contribution in [3.05, 3.63) is 106 Å². The first-order chi connectivity index (χ1) is 17.6. The lowest BCUT2D eigenvalue weighted by Crippen LogP contribution is -2.74. The van der Waals surface area contributed by atoms with Crippen LogP contribution in [0.4, 0.5) is 0 Å². The van der Waals surface area contributed by atoms with Gasteiger partial charge in [0, 0.05) is 27.1 Å². The highest BCUT2D eigenvalue weighted by atomic mass is 14.9. The monoisotopic (exact) mass is 504 g/mol. The number of fused-ring (bicyclic) bond motifs is 8. The minimum atomic E-state index is -0.0573. The molecule has 0 aromatic rings. The van der Waals surface area contributed by atoms with Crippen LogP contribution < -0.4 is 0 Å². The van der Waals surface area contributed by atoms with Gasteiger partial charge in [-0.15, -0.1) is 0 Å². The molecular weight excluding hydrogens is 456 g/mol. The van der Waals surface area contributed by atoms with E-state index in [1.54, 1.807) is 11.1 Å². The van der Waals surface area contributed by atoms with E-state index in [1.165, 1.54) is 27.9 Å². The van der Waals surface area contributed by atoms with Crippen LogP contribution in [0.25, 0.3) is 0 Å². The third kappa shape index (κ3) is 2.31. The lowest BCUT2D eigenvalue weighted by atomic mass is 9.24. The summed E-state index contributed by atoms with van der Waals surface area (Å²) in [5, 5.41) is 0. The second-order valence-corrected chi connectivity index (χ2v) is 14.9. The Morgan fingerprint density at radius 2 is 1.21 bits per heavy atom. The van der Waals surface area contributed by atoms with Gasteiger partial charge in [-0.25, -0.2) is 0 Å². The highest BCUT2D eigenvalue weighted by Crippen LogP contribution is 2.89. The molecule has 38 heavy (non-hydrogen) atoms. The number of rotatable bonds is 1. The summed E-state index contributed by atoms with van der Waals surface area (Å²) < 4.78 is 0. The van der Waals surface area contributed by atoms with E-state index in [0.717, 1.165) is 12.8 Å². The standard InChI is InChI=1S/C38H48/c1-25(2)30-23-29-24-36(9)34(7)20-13-12-18-32(34,5)33(6)19-14-15-21-35(33,8)38(36,11)37(29,10)27(4)31(30)28-17-16-26(3)22-28/h12-16,18-23H,17,24H2,1-11H3. The predicted octanol–water partition coefficient (Wildman–Crippen LogP) is 10.6. The van der Waals surface area contributed by atoms with Gasteiger partial charge in [-0.05, 0) is 68.1 Å². The van der Waals surface area contributed by atoms with Crippen LogP contribution in [0.15, 0.2) is 106 Å². The second-order valence-electron chi connectivity index (χ2n) is 14.9. The van der Waals surface area contributed by atoms with Gasteiger partial charge in [0.25, 0.3) is 0 Å². The summed E-state index contributed by atoms with van der Waals surface area (Å²) in [5.74, 6) is 0. The molecule has 7 atom stereocenters. The molecule has 6 rings (SSSR count). The molecule has 7 unspecified atom stereocenters. The van der Waals surface area contributed by atoms with Crippen LogP contribution in [0.1, 0.15) is 89.0 Å². The van der Waals surface area contributed by atoms with Crippen LogP contribution in [-0.2, 0) is 0 Å². The SMILES string of the molecule is CC1=CCC(C2=C(C)C3(C)C(=CC2=C(C)C)CC2(C)C4(C)C=CC=CC4(C)C4(C)C=CC=CC4(C)C32C)=C1. The third-order valence-electron chi connectivity index (χ3n) is 14.3. The molecule has 2 fully saturated rings. The summed E-state index contributed by atoms with van der Waals surface area (Å²) in [6, 6.07) is 0. The van der Waals surface area contributed by atoms with Crippen molar-refractivity contribution in [1.29, 1.82) is 0 Å². The van der Waals surface area contributed by atoms with Crippen LogP contribution in [0.5, 0.6) is 0 Å². The maximum atomic E-state index is 2.69. The van der Waals surface area contributed by atoms with E-state index < -0.39 is 0 Å². The molecule has 0 spiro atoms. The lowest BCUT2D eigenvalue weighted by molar-refractivity contribution is -0.261. The summed E-state index contributed by atoms with van der Waals surface area (Å²) in [7, 11) is 0. The molecule has 200 valence electrons. The normalized spacial score (nSPS) is 48.3. The molecule has 0 heteroatoms. The summed E-state index contributed by atoms with van der Waals surface area (Å²) in [6.45, 7) is 27.7. The lowest BCUT2D eigenvalue weighted by Gasteiger charge is -2.79. The molecule has 0 heterocycles. The largest absolute Gasteiger partial charge is 0.0772 e. The summed E-state index contributed by atoms with van der Waals surface area (Å²) in [5.41, 5.74) is 10.4.